The second kappa shape index (κ2) is 6.70. The quantitative estimate of drug-likeness (QED) is 0.894. The molecule has 1 heterocycles. The third-order valence-electron chi connectivity index (χ3n) is 4.11. The zero-order valence-electron chi connectivity index (χ0n) is 13.3. The van der Waals surface area contributed by atoms with Crippen molar-refractivity contribution in [2.24, 2.45) is 0 Å². The molecule has 3 nitrogen and oxygen atoms in total. The van der Waals surface area contributed by atoms with Crippen molar-refractivity contribution in [3.63, 3.8) is 0 Å². The van der Waals surface area contributed by atoms with Gasteiger partial charge in [-0.15, -0.1) is 0 Å². The molecule has 1 aromatic rings. The summed E-state index contributed by atoms with van der Waals surface area (Å²) in [4.78, 5) is 4.69. The molecule has 2 unspecified atom stereocenters. The van der Waals surface area contributed by atoms with E-state index in [2.05, 4.69) is 55.9 Å². The lowest BCUT2D eigenvalue weighted by Crippen LogP contribution is -2.39. The lowest BCUT2D eigenvalue weighted by Gasteiger charge is -2.29. The molecule has 1 saturated heterocycles. The van der Waals surface area contributed by atoms with Crippen LogP contribution in [0.5, 0.6) is 0 Å². The first-order valence-corrected chi connectivity index (χ1v) is 7.60. The van der Waals surface area contributed by atoms with Gasteiger partial charge in [0.2, 0.25) is 0 Å². The van der Waals surface area contributed by atoms with Gasteiger partial charge in [-0.1, -0.05) is 29.3 Å². The first kappa shape index (κ1) is 15.5. The fourth-order valence-electron chi connectivity index (χ4n) is 3.29. The molecule has 1 aliphatic heterocycles. The van der Waals surface area contributed by atoms with Gasteiger partial charge in [0.15, 0.2) is 0 Å². The Balaban J connectivity index is 2.01. The van der Waals surface area contributed by atoms with Crippen molar-refractivity contribution in [2.75, 3.05) is 33.7 Å². The van der Waals surface area contributed by atoms with Gasteiger partial charge >= 0.3 is 0 Å². The minimum atomic E-state index is -0.378. The monoisotopic (exact) mass is 276 g/mol. The number of aliphatic hydroxyl groups excluding tert-OH is 1. The first-order valence-electron chi connectivity index (χ1n) is 7.60. The van der Waals surface area contributed by atoms with Gasteiger partial charge in [-0.3, -0.25) is 4.90 Å². The molecule has 0 spiro atoms. The summed E-state index contributed by atoms with van der Waals surface area (Å²) in [5.74, 6) is 0. The van der Waals surface area contributed by atoms with Gasteiger partial charge in [-0.2, -0.15) is 0 Å². The smallest absolute Gasteiger partial charge is 0.0917 e. The molecule has 1 aliphatic rings. The van der Waals surface area contributed by atoms with Crippen LogP contribution in [0.1, 0.15) is 35.6 Å². The van der Waals surface area contributed by atoms with Crippen LogP contribution in [0.3, 0.4) is 0 Å². The number of hydrogen-bond donors (Lipinski definition) is 1. The average molecular weight is 276 g/mol. The molecular weight excluding hydrogens is 248 g/mol. The number of aliphatic hydroxyl groups is 1. The van der Waals surface area contributed by atoms with Gasteiger partial charge in [-0.05, 0) is 52.9 Å². The Labute approximate surface area is 123 Å². The number of rotatable bonds is 5. The maximum absolute atomic E-state index is 10.5. The summed E-state index contributed by atoms with van der Waals surface area (Å²) in [6.07, 6.45) is 2.12. The second-order valence-corrected chi connectivity index (χ2v) is 6.49. The van der Waals surface area contributed by atoms with E-state index in [4.69, 9.17) is 0 Å². The SMILES string of the molecule is Cc1cc(C)cc(C(O)CN2CCCC2CN(C)C)c1. The molecule has 0 saturated carbocycles. The molecule has 2 rings (SSSR count). The van der Waals surface area contributed by atoms with Crippen molar-refractivity contribution in [2.45, 2.75) is 38.8 Å². The van der Waals surface area contributed by atoms with Crippen molar-refractivity contribution in [3.05, 3.63) is 34.9 Å². The predicted octanol–water partition coefficient (Wildman–Crippen LogP) is 2.36. The highest BCUT2D eigenvalue weighted by molar-refractivity contribution is 5.30. The molecule has 1 N–H and O–H groups in total. The van der Waals surface area contributed by atoms with Crippen LogP contribution >= 0.6 is 0 Å². The Morgan fingerprint density at radius 2 is 1.90 bits per heavy atom. The summed E-state index contributed by atoms with van der Waals surface area (Å²) in [6.45, 7) is 7.13. The third-order valence-corrected chi connectivity index (χ3v) is 4.11. The van der Waals surface area contributed by atoms with E-state index in [0.29, 0.717) is 6.04 Å². The highest BCUT2D eigenvalue weighted by Gasteiger charge is 2.27. The average Bonchev–Trinajstić information content (AvgIpc) is 2.74. The van der Waals surface area contributed by atoms with E-state index >= 15 is 0 Å². The van der Waals surface area contributed by atoms with Crippen LogP contribution in [0.2, 0.25) is 0 Å². The van der Waals surface area contributed by atoms with Crippen LogP contribution in [0, 0.1) is 13.8 Å². The Kier molecular flexibility index (Phi) is 5.19. The van der Waals surface area contributed by atoms with E-state index in [9.17, 15) is 5.11 Å². The lowest BCUT2D eigenvalue weighted by molar-refractivity contribution is 0.0980. The van der Waals surface area contributed by atoms with Gasteiger partial charge in [0, 0.05) is 19.1 Å². The predicted molar refractivity (Wildman–Crippen MR) is 84.0 cm³/mol. The first-order chi connectivity index (χ1) is 9.45. The number of likely N-dealkylation sites (tertiary alicyclic amines) is 1. The Hall–Kier alpha value is -0.900. The number of β-amino-alcohol motifs (C(OH)–C–C–N with tert-alkyl or cyclic N) is 1. The maximum Gasteiger partial charge on any atom is 0.0917 e. The van der Waals surface area contributed by atoms with Gasteiger partial charge in [0.05, 0.1) is 6.10 Å². The molecule has 112 valence electrons. The molecule has 0 aromatic heterocycles. The molecule has 1 fully saturated rings. The van der Waals surface area contributed by atoms with Crippen LogP contribution < -0.4 is 0 Å². The molecule has 20 heavy (non-hydrogen) atoms. The molecule has 1 aromatic carbocycles. The standard InChI is InChI=1S/C17H28N2O/c1-13-8-14(2)10-15(9-13)17(20)12-19-7-5-6-16(19)11-18(3)4/h8-10,16-17,20H,5-7,11-12H2,1-4H3. The Morgan fingerprint density at radius 3 is 2.50 bits per heavy atom. The molecule has 0 amide bonds. The fraction of sp³-hybridized carbons (Fsp3) is 0.647. The van der Waals surface area contributed by atoms with Crippen LogP contribution in [0.25, 0.3) is 0 Å². The summed E-state index contributed by atoms with van der Waals surface area (Å²) in [7, 11) is 4.24. The number of nitrogens with zero attached hydrogens (tertiary/aromatic N) is 2. The lowest BCUT2D eigenvalue weighted by atomic mass is 10.0. The second-order valence-electron chi connectivity index (χ2n) is 6.49. The zero-order valence-corrected chi connectivity index (χ0v) is 13.3. The number of likely N-dealkylation sites (N-methyl/N-ethyl adjacent to an activating group) is 1. The summed E-state index contributed by atoms with van der Waals surface area (Å²) >= 11 is 0. The summed E-state index contributed by atoms with van der Waals surface area (Å²) in [5, 5.41) is 10.5. The normalized spacial score (nSPS) is 21.6. The van der Waals surface area contributed by atoms with Crippen molar-refractivity contribution < 1.29 is 5.11 Å². The Morgan fingerprint density at radius 1 is 1.25 bits per heavy atom. The molecule has 2 atom stereocenters. The fourth-order valence-corrected chi connectivity index (χ4v) is 3.29. The minimum Gasteiger partial charge on any atom is -0.387 e. The number of aryl methyl sites for hydroxylation is 2. The minimum absolute atomic E-state index is 0.378. The summed E-state index contributed by atoms with van der Waals surface area (Å²) in [5.41, 5.74) is 3.51. The summed E-state index contributed by atoms with van der Waals surface area (Å²) < 4.78 is 0. The van der Waals surface area contributed by atoms with E-state index < -0.39 is 0 Å². The molecule has 0 radical (unpaired) electrons. The van der Waals surface area contributed by atoms with Crippen LogP contribution in [-0.2, 0) is 0 Å². The maximum atomic E-state index is 10.5. The van der Waals surface area contributed by atoms with Crippen LogP contribution in [0.4, 0.5) is 0 Å². The van der Waals surface area contributed by atoms with Crippen molar-refractivity contribution >= 4 is 0 Å². The van der Waals surface area contributed by atoms with E-state index in [1.807, 2.05) is 0 Å². The van der Waals surface area contributed by atoms with Gasteiger partial charge in [0.25, 0.3) is 0 Å². The number of hydrogen-bond acceptors (Lipinski definition) is 3. The molecule has 0 aliphatic carbocycles. The van der Waals surface area contributed by atoms with E-state index in [0.717, 1.165) is 25.2 Å². The van der Waals surface area contributed by atoms with E-state index in [1.54, 1.807) is 0 Å². The van der Waals surface area contributed by atoms with Crippen molar-refractivity contribution in [1.29, 1.82) is 0 Å². The third kappa shape index (κ3) is 4.05. The van der Waals surface area contributed by atoms with Gasteiger partial charge in [0.1, 0.15) is 0 Å². The molecule has 0 bridgehead atoms. The van der Waals surface area contributed by atoms with E-state index in [1.165, 1.54) is 24.0 Å². The van der Waals surface area contributed by atoms with Crippen molar-refractivity contribution in [3.8, 4) is 0 Å². The highest BCUT2D eigenvalue weighted by Crippen LogP contribution is 2.23. The Bertz CT molecular complexity index is 424. The summed E-state index contributed by atoms with van der Waals surface area (Å²) in [6, 6.07) is 6.95. The largest absolute Gasteiger partial charge is 0.387 e. The number of benzene rings is 1. The zero-order chi connectivity index (χ0) is 14.7. The van der Waals surface area contributed by atoms with Crippen LogP contribution in [-0.4, -0.2) is 54.7 Å². The topological polar surface area (TPSA) is 26.7 Å². The van der Waals surface area contributed by atoms with Gasteiger partial charge in [-0.25, -0.2) is 0 Å². The molecule has 3 heteroatoms. The van der Waals surface area contributed by atoms with Crippen molar-refractivity contribution in [1.82, 2.24) is 9.80 Å². The molecular formula is C17H28N2O. The van der Waals surface area contributed by atoms with Crippen LogP contribution in [0.15, 0.2) is 18.2 Å². The van der Waals surface area contributed by atoms with E-state index in [-0.39, 0.29) is 6.10 Å². The highest BCUT2D eigenvalue weighted by atomic mass is 16.3. The van der Waals surface area contributed by atoms with Gasteiger partial charge < -0.3 is 10.0 Å².